The van der Waals surface area contributed by atoms with Crippen molar-refractivity contribution in [2.45, 2.75) is 24.8 Å². The number of nitrogens with one attached hydrogen (secondary N) is 2. The minimum absolute atomic E-state index is 0.0106. The lowest BCUT2D eigenvalue weighted by Crippen LogP contribution is -2.39. The Morgan fingerprint density at radius 3 is 2.56 bits per heavy atom. The summed E-state index contributed by atoms with van der Waals surface area (Å²) < 4.78 is 15.3. The molecule has 1 aliphatic rings. The normalized spacial score (nSPS) is 13.7. The number of hydrogen-bond donors (Lipinski definition) is 2. The first-order valence-corrected chi connectivity index (χ1v) is 11.5. The van der Waals surface area contributed by atoms with Gasteiger partial charge in [-0.05, 0) is 48.2 Å². The molecular weight excluding hydrogens is 457 g/mol. The van der Waals surface area contributed by atoms with Crippen LogP contribution in [0.1, 0.15) is 34.1 Å². The number of nitrogens with zero attached hydrogens (tertiary/aromatic N) is 3. The van der Waals surface area contributed by atoms with E-state index in [1.165, 1.54) is 28.4 Å². The molecule has 1 aromatic heterocycles. The van der Waals surface area contributed by atoms with Crippen LogP contribution in [-0.2, 0) is 9.59 Å². The molecule has 8 nitrogen and oxygen atoms in total. The van der Waals surface area contributed by atoms with Crippen LogP contribution in [0.4, 0.5) is 4.39 Å². The second-order valence-electron chi connectivity index (χ2n) is 8.25. The number of fused-ring (bicyclic) bond motifs is 1. The zero-order chi connectivity index (χ0) is 24.4. The van der Waals surface area contributed by atoms with Gasteiger partial charge in [0, 0.05) is 20.1 Å². The van der Waals surface area contributed by atoms with E-state index in [1.54, 1.807) is 38.4 Å². The van der Waals surface area contributed by atoms with Gasteiger partial charge in [-0.15, -0.1) is 11.3 Å². The smallest absolute Gasteiger partial charge is 0.256 e. The van der Waals surface area contributed by atoms with Gasteiger partial charge >= 0.3 is 0 Å². The number of amides is 3. The van der Waals surface area contributed by atoms with E-state index in [0.717, 1.165) is 17.5 Å². The van der Waals surface area contributed by atoms with Crippen molar-refractivity contribution in [2.24, 2.45) is 0 Å². The van der Waals surface area contributed by atoms with Crippen molar-refractivity contribution in [1.82, 2.24) is 20.5 Å². The fourth-order valence-electron chi connectivity index (χ4n) is 3.36. The first kappa shape index (κ1) is 23.3. The quantitative estimate of drug-likeness (QED) is 0.541. The van der Waals surface area contributed by atoms with Gasteiger partial charge in [-0.2, -0.15) is 5.26 Å². The van der Waals surface area contributed by atoms with E-state index >= 15 is 0 Å². The summed E-state index contributed by atoms with van der Waals surface area (Å²) in [5.41, 5.74) is 1.88. The van der Waals surface area contributed by atoms with Gasteiger partial charge in [0.05, 0.1) is 28.4 Å². The molecule has 174 valence electrons. The third-order valence-electron chi connectivity index (χ3n) is 5.35. The molecule has 1 saturated carbocycles. The van der Waals surface area contributed by atoms with Crippen LogP contribution < -0.4 is 10.6 Å². The summed E-state index contributed by atoms with van der Waals surface area (Å²) in [7, 11) is 3.12. The van der Waals surface area contributed by atoms with Crippen LogP contribution in [0.25, 0.3) is 21.3 Å². The highest BCUT2D eigenvalue weighted by atomic mass is 32.1. The standard InChI is InChI=1S/C24H22FN5O3S/c1-30(2)24(33)16-7-3-13(9-18(16)25)14-4-8-19-20(10-14)34-23(29-19)17(11-26)22(32)27-12-21(31)28-15-5-6-15/h3-4,7-10,15,17H,5-6,12H2,1-2H3,(H,27,32)(H,28,31). The monoisotopic (exact) mass is 479 g/mol. The van der Waals surface area contributed by atoms with Crippen LogP contribution in [0, 0.1) is 17.1 Å². The summed E-state index contributed by atoms with van der Waals surface area (Å²) in [6.07, 6.45) is 1.89. The van der Waals surface area contributed by atoms with Crippen LogP contribution in [0.15, 0.2) is 36.4 Å². The third-order valence-corrected chi connectivity index (χ3v) is 6.43. The van der Waals surface area contributed by atoms with Gasteiger partial charge in [0.2, 0.25) is 11.8 Å². The van der Waals surface area contributed by atoms with Crippen molar-refractivity contribution in [2.75, 3.05) is 20.6 Å². The highest BCUT2D eigenvalue weighted by Gasteiger charge is 2.26. The second kappa shape index (κ2) is 9.57. The van der Waals surface area contributed by atoms with E-state index in [1.807, 2.05) is 6.07 Å². The Hall–Kier alpha value is -3.84. The van der Waals surface area contributed by atoms with E-state index in [0.29, 0.717) is 21.7 Å². The van der Waals surface area contributed by atoms with Gasteiger partial charge in [0.25, 0.3) is 5.91 Å². The second-order valence-corrected chi connectivity index (χ2v) is 9.31. The number of rotatable bonds is 7. The van der Waals surface area contributed by atoms with E-state index in [9.17, 15) is 24.0 Å². The highest BCUT2D eigenvalue weighted by molar-refractivity contribution is 7.18. The Labute approximate surface area is 199 Å². The minimum Gasteiger partial charge on any atom is -0.352 e. The maximum absolute atomic E-state index is 14.5. The Kier molecular flexibility index (Phi) is 6.56. The molecule has 0 saturated heterocycles. The Bertz CT molecular complexity index is 1330. The summed E-state index contributed by atoms with van der Waals surface area (Å²) in [5.74, 6) is -3.06. The van der Waals surface area contributed by atoms with Gasteiger partial charge in [-0.1, -0.05) is 12.1 Å². The first-order valence-electron chi connectivity index (χ1n) is 10.7. The van der Waals surface area contributed by atoms with Crippen LogP contribution >= 0.6 is 11.3 Å². The van der Waals surface area contributed by atoms with Crippen molar-refractivity contribution in [3.05, 3.63) is 52.8 Å². The molecular formula is C24H22FN5O3S. The van der Waals surface area contributed by atoms with Crippen molar-refractivity contribution < 1.29 is 18.8 Å². The summed E-state index contributed by atoms with van der Waals surface area (Å²) >= 11 is 1.19. The molecule has 4 rings (SSSR count). The van der Waals surface area contributed by atoms with Crippen molar-refractivity contribution in [3.8, 4) is 17.2 Å². The molecule has 10 heteroatoms. The Morgan fingerprint density at radius 1 is 1.21 bits per heavy atom. The van der Waals surface area contributed by atoms with Gasteiger partial charge in [-0.3, -0.25) is 14.4 Å². The average molecular weight is 480 g/mol. The molecule has 0 radical (unpaired) electrons. The topological polar surface area (TPSA) is 115 Å². The predicted octanol–water partition coefficient (Wildman–Crippen LogP) is 2.81. The van der Waals surface area contributed by atoms with Crippen LogP contribution in [0.5, 0.6) is 0 Å². The predicted molar refractivity (Wildman–Crippen MR) is 126 cm³/mol. The van der Waals surface area contributed by atoms with E-state index in [-0.39, 0.29) is 24.1 Å². The third kappa shape index (κ3) is 5.05. The van der Waals surface area contributed by atoms with Crippen molar-refractivity contribution in [3.63, 3.8) is 0 Å². The lowest BCUT2D eigenvalue weighted by molar-refractivity contribution is -0.126. The number of hydrogen-bond acceptors (Lipinski definition) is 6. The van der Waals surface area contributed by atoms with Crippen LogP contribution in [-0.4, -0.2) is 54.3 Å². The van der Waals surface area contributed by atoms with Crippen LogP contribution in [0.3, 0.4) is 0 Å². The number of aromatic nitrogens is 1. The molecule has 0 spiro atoms. The number of thiazole rings is 1. The first-order chi connectivity index (χ1) is 16.3. The number of halogens is 1. The van der Waals surface area contributed by atoms with Gasteiger partial charge in [0.1, 0.15) is 10.8 Å². The minimum atomic E-state index is -1.15. The fraction of sp³-hybridized carbons (Fsp3) is 0.292. The SMILES string of the molecule is CN(C)C(=O)c1ccc(-c2ccc3nc(C(C#N)C(=O)NCC(=O)NC4CC4)sc3c2)cc1F. The Balaban J connectivity index is 1.52. The maximum atomic E-state index is 14.5. The number of carbonyl (C=O) groups is 3. The summed E-state index contributed by atoms with van der Waals surface area (Å²) in [5, 5.41) is 15.1. The summed E-state index contributed by atoms with van der Waals surface area (Å²) in [6.45, 7) is -0.194. The molecule has 0 bridgehead atoms. The fourth-order valence-corrected chi connectivity index (χ4v) is 4.41. The van der Waals surface area contributed by atoms with E-state index in [4.69, 9.17) is 0 Å². The lowest BCUT2D eigenvalue weighted by Gasteiger charge is -2.11. The largest absolute Gasteiger partial charge is 0.352 e. The van der Waals surface area contributed by atoms with E-state index in [2.05, 4.69) is 15.6 Å². The van der Waals surface area contributed by atoms with Gasteiger partial charge in [0.15, 0.2) is 5.92 Å². The highest BCUT2D eigenvalue weighted by Crippen LogP contribution is 2.32. The summed E-state index contributed by atoms with van der Waals surface area (Å²) in [6, 6.07) is 11.9. The van der Waals surface area contributed by atoms with Crippen LogP contribution in [0.2, 0.25) is 0 Å². The Morgan fingerprint density at radius 2 is 1.91 bits per heavy atom. The average Bonchev–Trinajstić information content (AvgIpc) is 3.52. The molecule has 2 aromatic carbocycles. The molecule has 1 fully saturated rings. The molecule has 2 N–H and O–H groups in total. The van der Waals surface area contributed by atoms with Crippen molar-refractivity contribution in [1.29, 1.82) is 5.26 Å². The lowest BCUT2D eigenvalue weighted by atomic mass is 10.0. The number of benzene rings is 2. The molecule has 1 heterocycles. The number of carbonyl (C=O) groups excluding carboxylic acids is 3. The van der Waals surface area contributed by atoms with E-state index < -0.39 is 23.5 Å². The zero-order valence-corrected chi connectivity index (χ0v) is 19.4. The zero-order valence-electron chi connectivity index (χ0n) is 18.6. The molecule has 3 amide bonds. The molecule has 1 aliphatic carbocycles. The van der Waals surface area contributed by atoms with Crippen molar-refractivity contribution >= 4 is 39.3 Å². The molecule has 34 heavy (non-hydrogen) atoms. The number of nitriles is 1. The van der Waals surface area contributed by atoms with Gasteiger partial charge in [-0.25, -0.2) is 9.37 Å². The molecule has 0 aliphatic heterocycles. The summed E-state index contributed by atoms with van der Waals surface area (Å²) in [4.78, 5) is 42.1. The van der Waals surface area contributed by atoms with Gasteiger partial charge < -0.3 is 15.5 Å². The molecule has 3 aromatic rings. The molecule has 1 atom stereocenters. The molecule has 1 unspecified atom stereocenters. The maximum Gasteiger partial charge on any atom is 0.256 e.